The van der Waals surface area contributed by atoms with Crippen molar-refractivity contribution >= 4 is 23.2 Å². The second-order valence-electron chi connectivity index (χ2n) is 4.84. The molecule has 0 bridgehead atoms. The van der Waals surface area contributed by atoms with E-state index in [2.05, 4.69) is 5.32 Å². The number of ether oxygens (including phenoxy) is 1. The Kier molecular flexibility index (Phi) is 4.66. The molecule has 2 rings (SSSR count). The third kappa shape index (κ3) is 3.61. The second kappa shape index (κ2) is 6.26. The summed E-state index contributed by atoms with van der Waals surface area (Å²) in [7, 11) is 1.55. The highest BCUT2D eigenvalue weighted by atomic mass is 35.5. The van der Waals surface area contributed by atoms with Crippen LogP contribution in [0.15, 0.2) is 18.2 Å². The Morgan fingerprint density at radius 1 is 1.37 bits per heavy atom. The topological polar surface area (TPSA) is 58.6 Å². The molecule has 1 aliphatic rings. The van der Waals surface area contributed by atoms with E-state index in [0.29, 0.717) is 29.3 Å². The average Bonchev–Trinajstić information content (AvgIpc) is 2.39. The number of aliphatic hydroxyl groups excluding tert-OH is 1. The van der Waals surface area contributed by atoms with Gasteiger partial charge in [-0.2, -0.15) is 0 Å². The monoisotopic (exact) mass is 283 g/mol. The van der Waals surface area contributed by atoms with Crippen LogP contribution in [0.1, 0.15) is 25.7 Å². The van der Waals surface area contributed by atoms with Crippen molar-refractivity contribution in [1.82, 2.24) is 0 Å². The van der Waals surface area contributed by atoms with Crippen LogP contribution >= 0.6 is 11.6 Å². The minimum atomic E-state index is -0.259. The molecule has 0 unspecified atom stereocenters. The summed E-state index contributed by atoms with van der Waals surface area (Å²) >= 11 is 5.92. The van der Waals surface area contributed by atoms with Gasteiger partial charge >= 0.3 is 0 Å². The van der Waals surface area contributed by atoms with E-state index in [1.54, 1.807) is 25.3 Å². The molecule has 1 saturated carbocycles. The maximum absolute atomic E-state index is 12.2. The van der Waals surface area contributed by atoms with Crippen LogP contribution in [0, 0.1) is 5.92 Å². The number of aliphatic hydroxyl groups is 1. The van der Waals surface area contributed by atoms with Crippen molar-refractivity contribution in [2.75, 3.05) is 12.4 Å². The Labute approximate surface area is 117 Å². The van der Waals surface area contributed by atoms with Crippen molar-refractivity contribution in [3.8, 4) is 5.75 Å². The molecule has 1 aromatic rings. The summed E-state index contributed by atoms with van der Waals surface area (Å²) in [5.41, 5.74) is 0.589. The van der Waals surface area contributed by atoms with Gasteiger partial charge in [0.1, 0.15) is 5.75 Å². The molecule has 0 aromatic heterocycles. The number of hydrogen-bond acceptors (Lipinski definition) is 3. The molecule has 4 nitrogen and oxygen atoms in total. The Balaban J connectivity index is 2.04. The van der Waals surface area contributed by atoms with Crippen molar-refractivity contribution in [3.63, 3.8) is 0 Å². The average molecular weight is 284 g/mol. The number of amides is 1. The lowest BCUT2D eigenvalue weighted by molar-refractivity contribution is -0.121. The molecule has 0 spiro atoms. The molecular formula is C14H18ClNO3. The number of carbonyl (C=O) groups is 1. The standard InChI is InChI=1S/C14H18ClNO3/c1-19-13-7-4-10(15)8-12(13)16-14(18)9-2-5-11(17)6-3-9/h4,7-9,11,17H,2-3,5-6H2,1H3,(H,16,18). The first-order valence-corrected chi connectivity index (χ1v) is 6.80. The molecule has 0 heterocycles. The third-order valence-electron chi connectivity index (χ3n) is 3.49. The number of anilines is 1. The smallest absolute Gasteiger partial charge is 0.227 e. The second-order valence-corrected chi connectivity index (χ2v) is 5.28. The quantitative estimate of drug-likeness (QED) is 0.897. The van der Waals surface area contributed by atoms with Gasteiger partial charge in [-0.25, -0.2) is 0 Å². The van der Waals surface area contributed by atoms with Crippen LogP contribution in [0.2, 0.25) is 5.02 Å². The summed E-state index contributed by atoms with van der Waals surface area (Å²) in [6.45, 7) is 0. The fourth-order valence-electron chi connectivity index (χ4n) is 2.35. The Morgan fingerprint density at radius 2 is 2.05 bits per heavy atom. The van der Waals surface area contributed by atoms with E-state index in [9.17, 15) is 9.90 Å². The van der Waals surface area contributed by atoms with Gasteiger partial charge in [-0.3, -0.25) is 4.79 Å². The predicted octanol–water partition coefficient (Wildman–Crippen LogP) is 2.84. The molecule has 19 heavy (non-hydrogen) atoms. The van der Waals surface area contributed by atoms with Crippen molar-refractivity contribution in [3.05, 3.63) is 23.2 Å². The molecule has 0 aliphatic heterocycles. The largest absolute Gasteiger partial charge is 0.495 e. The summed E-state index contributed by atoms with van der Waals surface area (Å²) in [5, 5.41) is 12.9. The molecule has 0 atom stereocenters. The number of halogens is 1. The lowest BCUT2D eigenvalue weighted by Gasteiger charge is -2.24. The predicted molar refractivity (Wildman–Crippen MR) is 74.6 cm³/mol. The molecule has 1 fully saturated rings. The number of methoxy groups -OCH3 is 1. The molecule has 0 radical (unpaired) electrons. The van der Waals surface area contributed by atoms with Gasteiger partial charge in [-0.05, 0) is 43.9 Å². The van der Waals surface area contributed by atoms with Crippen molar-refractivity contribution < 1.29 is 14.6 Å². The van der Waals surface area contributed by atoms with Crippen LogP contribution in [0.25, 0.3) is 0 Å². The molecule has 1 aromatic carbocycles. The van der Waals surface area contributed by atoms with E-state index in [-0.39, 0.29) is 17.9 Å². The van der Waals surface area contributed by atoms with Crippen LogP contribution in [0.5, 0.6) is 5.75 Å². The Morgan fingerprint density at radius 3 is 2.68 bits per heavy atom. The summed E-state index contributed by atoms with van der Waals surface area (Å²) in [5.74, 6) is 0.508. The van der Waals surface area contributed by atoms with Gasteiger partial charge in [-0.15, -0.1) is 0 Å². The first kappa shape index (κ1) is 14.2. The molecule has 2 N–H and O–H groups in total. The minimum absolute atomic E-state index is 0.0348. The molecule has 5 heteroatoms. The SMILES string of the molecule is COc1ccc(Cl)cc1NC(=O)C1CCC(O)CC1. The molecule has 1 aliphatic carbocycles. The molecule has 0 saturated heterocycles. The number of hydrogen-bond donors (Lipinski definition) is 2. The maximum Gasteiger partial charge on any atom is 0.227 e. The van der Waals surface area contributed by atoms with Crippen molar-refractivity contribution in [2.45, 2.75) is 31.8 Å². The normalized spacial score (nSPS) is 22.9. The summed E-state index contributed by atoms with van der Waals surface area (Å²) < 4.78 is 5.19. The van der Waals surface area contributed by atoms with Gasteiger partial charge in [0.2, 0.25) is 5.91 Å². The number of rotatable bonds is 3. The van der Waals surface area contributed by atoms with Crippen molar-refractivity contribution in [2.24, 2.45) is 5.92 Å². The highest BCUT2D eigenvalue weighted by Crippen LogP contribution is 2.30. The molecule has 104 valence electrons. The van der Waals surface area contributed by atoms with E-state index in [0.717, 1.165) is 12.8 Å². The maximum atomic E-state index is 12.2. The van der Waals surface area contributed by atoms with Crippen LogP contribution in [-0.4, -0.2) is 24.2 Å². The fourth-order valence-corrected chi connectivity index (χ4v) is 2.52. The highest BCUT2D eigenvalue weighted by molar-refractivity contribution is 6.31. The van der Waals surface area contributed by atoms with Gasteiger partial charge in [0.05, 0.1) is 18.9 Å². The summed E-state index contributed by atoms with van der Waals surface area (Å²) in [6.07, 6.45) is 2.55. The van der Waals surface area contributed by atoms with Gasteiger partial charge in [-0.1, -0.05) is 11.6 Å². The van der Waals surface area contributed by atoms with Crippen molar-refractivity contribution in [1.29, 1.82) is 0 Å². The van der Waals surface area contributed by atoms with Crippen LogP contribution in [-0.2, 0) is 4.79 Å². The lowest BCUT2D eigenvalue weighted by Crippen LogP contribution is -2.28. The first-order valence-electron chi connectivity index (χ1n) is 6.42. The Hall–Kier alpha value is -1.26. The van der Waals surface area contributed by atoms with Crippen LogP contribution in [0.4, 0.5) is 5.69 Å². The lowest BCUT2D eigenvalue weighted by atomic mass is 9.87. The zero-order chi connectivity index (χ0) is 13.8. The van der Waals surface area contributed by atoms with E-state index < -0.39 is 0 Å². The van der Waals surface area contributed by atoms with E-state index >= 15 is 0 Å². The van der Waals surface area contributed by atoms with Gasteiger partial charge in [0.15, 0.2) is 0 Å². The highest BCUT2D eigenvalue weighted by Gasteiger charge is 2.25. The van der Waals surface area contributed by atoms with Crippen LogP contribution in [0.3, 0.4) is 0 Å². The summed E-state index contributed by atoms with van der Waals surface area (Å²) in [6, 6.07) is 5.12. The van der Waals surface area contributed by atoms with E-state index in [1.807, 2.05) is 0 Å². The zero-order valence-electron chi connectivity index (χ0n) is 10.9. The number of carbonyl (C=O) groups excluding carboxylic acids is 1. The van der Waals surface area contributed by atoms with E-state index in [1.165, 1.54) is 0 Å². The number of benzene rings is 1. The van der Waals surface area contributed by atoms with Crippen LogP contribution < -0.4 is 10.1 Å². The first-order chi connectivity index (χ1) is 9.10. The molecule has 1 amide bonds. The van der Waals surface area contributed by atoms with Gasteiger partial charge in [0.25, 0.3) is 0 Å². The zero-order valence-corrected chi connectivity index (χ0v) is 11.6. The van der Waals surface area contributed by atoms with Gasteiger partial charge < -0.3 is 15.2 Å². The van der Waals surface area contributed by atoms with E-state index in [4.69, 9.17) is 16.3 Å². The molecular weight excluding hydrogens is 266 g/mol. The third-order valence-corrected chi connectivity index (χ3v) is 3.72. The summed E-state index contributed by atoms with van der Waals surface area (Å²) in [4.78, 5) is 12.2. The Bertz CT molecular complexity index is 456. The fraction of sp³-hybridized carbons (Fsp3) is 0.500. The minimum Gasteiger partial charge on any atom is -0.495 e. The number of nitrogens with one attached hydrogen (secondary N) is 1. The van der Waals surface area contributed by atoms with Gasteiger partial charge in [0, 0.05) is 10.9 Å².